The summed E-state index contributed by atoms with van der Waals surface area (Å²) in [4.78, 5) is 8.89. The second-order valence-corrected chi connectivity index (χ2v) is 6.66. The molecule has 0 saturated heterocycles. The van der Waals surface area contributed by atoms with Gasteiger partial charge in [-0.3, -0.25) is 4.99 Å². The Morgan fingerprint density at radius 2 is 2.00 bits per heavy atom. The fourth-order valence-corrected chi connectivity index (χ4v) is 3.04. The summed E-state index contributed by atoms with van der Waals surface area (Å²) in [6, 6.07) is 10.6. The van der Waals surface area contributed by atoms with Crippen molar-refractivity contribution >= 4 is 17.3 Å². The Hall–Kier alpha value is -1.88. The molecule has 23 heavy (non-hydrogen) atoms. The number of thiazole rings is 1. The molecule has 1 aromatic carbocycles. The Kier molecular flexibility index (Phi) is 7.07. The van der Waals surface area contributed by atoms with Crippen molar-refractivity contribution in [2.75, 3.05) is 13.6 Å². The molecule has 5 heteroatoms. The SMILES string of the molecule is CN=C(NCCCc1ccccc1)NCc1csc(C(C)C)n1. The summed E-state index contributed by atoms with van der Waals surface area (Å²) >= 11 is 1.72. The smallest absolute Gasteiger partial charge is 0.191 e. The van der Waals surface area contributed by atoms with Crippen LogP contribution in [0.4, 0.5) is 0 Å². The number of guanidine groups is 1. The van der Waals surface area contributed by atoms with Crippen LogP contribution in [0.15, 0.2) is 40.7 Å². The number of hydrogen-bond acceptors (Lipinski definition) is 3. The van der Waals surface area contributed by atoms with Crippen LogP contribution in [0.2, 0.25) is 0 Å². The number of aliphatic imine (C=N–C) groups is 1. The highest BCUT2D eigenvalue weighted by Gasteiger charge is 2.06. The lowest BCUT2D eigenvalue weighted by molar-refractivity contribution is 0.736. The molecule has 0 radical (unpaired) electrons. The summed E-state index contributed by atoms with van der Waals surface area (Å²) in [6.07, 6.45) is 2.16. The van der Waals surface area contributed by atoms with Gasteiger partial charge >= 0.3 is 0 Å². The minimum atomic E-state index is 0.490. The van der Waals surface area contributed by atoms with Crippen molar-refractivity contribution in [3.05, 3.63) is 52.0 Å². The summed E-state index contributed by atoms with van der Waals surface area (Å²) in [6.45, 7) is 5.96. The number of nitrogens with zero attached hydrogens (tertiary/aromatic N) is 2. The molecule has 0 amide bonds. The minimum absolute atomic E-state index is 0.490. The summed E-state index contributed by atoms with van der Waals surface area (Å²) < 4.78 is 0. The van der Waals surface area contributed by atoms with Gasteiger partial charge in [0.2, 0.25) is 0 Å². The number of aromatic nitrogens is 1. The van der Waals surface area contributed by atoms with E-state index < -0.39 is 0 Å². The van der Waals surface area contributed by atoms with Crippen molar-refractivity contribution in [1.29, 1.82) is 0 Å². The van der Waals surface area contributed by atoms with E-state index in [2.05, 4.69) is 70.2 Å². The molecule has 0 unspecified atom stereocenters. The zero-order chi connectivity index (χ0) is 16.5. The maximum Gasteiger partial charge on any atom is 0.191 e. The summed E-state index contributed by atoms with van der Waals surface area (Å²) in [7, 11) is 1.80. The lowest BCUT2D eigenvalue weighted by atomic mass is 10.1. The fourth-order valence-electron chi connectivity index (χ4n) is 2.21. The molecule has 0 spiro atoms. The lowest BCUT2D eigenvalue weighted by Gasteiger charge is -2.11. The molecule has 0 bridgehead atoms. The van der Waals surface area contributed by atoms with E-state index in [0.717, 1.165) is 31.0 Å². The monoisotopic (exact) mass is 330 g/mol. The molecular weight excluding hydrogens is 304 g/mol. The average Bonchev–Trinajstić information content (AvgIpc) is 3.04. The van der Waals surface area contributed by atoms with Gasteiger partial charge in [0.1, 0.15) is 0 Å². The van der Waals surface area contributed by atoms with E-state index in [0.29, 0.717) is 12.5 Å². The first kappa shape index (κ1) is 17.5. The van der Waals surface area contributed by atoms with E-state index in [4.69, 9.17) is 0 Å². The Morgan fingerprint density at radius 1 is 1.22 bits per heavy atom. The van der Waals surface area contributed by atoms with Crippen LogP contribution in [0, 0.1) is 0 Å². The first-order valence-corrected chi connectivity index (χ1v) is 8.99. The number of hydrogen-bond donors (Lipinski definition) is 2. The molecular formula is C18H26N4S. The zero-order valence-corrected chi connectivity index (χ0v) is 15.0. The molecule has 0 atom stereocenters. The predicted octanol–water partition coefficient (Wildman–Crippen LogP) is 3.56. The Bertz CT molecular complexity index is 604. The van der Waals surface area contributed by atoms with Crippen LogP contribution in [0.1, 0.15) is 42.5 Å². The Balaban J connectivity index is 1.69. The van der Waals surface area contributed by atoms with E-state index >= 15 is 0 Å². The third kappa shape index (κ3) is 6.02. The van der Waals surface area contributed by atoms with Gasteiger partial charge in [-0.25, -0.2) is 4.98 Å². The highest BCUT2D eigenvalue weighted by Crippen LogP contribution is 2.18. The molecule has 2 rings (SSSR count). The van der Waals surface area contributed by atoms with Crippen LogP contribution in [-0.2, 0) is 13.0 Å². The van der Waals surface area contributed by atoms with E-state index in [9.17, 15) is 0 Å². The number of rotatable bonds is 7. The highest BCUT2D eigenvalue weighted by atomic mass is 32.1. The van der Waals surface area contributed by atoms with Crippen molar-refractivity contribution in [2.45, 2.75) is 39.2 Å². The maximum atomic E-state index is 4.63. The van der Waals surface area contributed by atoms with Gasteiger partial charge in [-0.1, -0.05) is 44.2 Å². The largest absolute Gasteiger partial charge is 0.356 e. The van der Waals surface area contributed by atoms with Crippen molar-refractivity contribution < 1.29 is 0 Å². The van der Waals surface area contributed by atoms with Crippen LogP contribution in [-0.4, -0.2) is 24.5 Å². The number of benzene rings is 1. The van der Waals surface area contributed by atoms with Crippen molar-refractivity contribution in [2.24, 2.45) is 4.99 Å². The molecule has 4 nitrogen and oxygen atoms in total. The van der Waals surface area contributed by atoms with Crippen molar-refractivity contribution in [3.63, 3.8) is 0 Å². The second-order valence-electron chi connectivity index (χ2n) is 5.77. The van der Waals surface area contributed by atoms with Crippen molar-refractivity contribution in [1.82, 2.24) is 15.6 Å². The van der Waals surface area contributed by atoms with Gasteiger partial charge in [0.15, 0.2) is 5.96 Å². The van der Waals surface area contributed by atoms with Crippen LogP contribution in [0.5, 0.6) is 0 Å². The van der Waals surface area contributed by atoms with Crippen LogP contribution in [0.25, 0.3) is 0 Å². The topological polar surface area (TPSA) is 49.3 Å². The first-order chi connectivity index (χ1) is 11.2. The molecule has 2 N–H and O–H groups in total. The molecule has 0 aliphatic rings. The molecule has 124 valence electrons. The summed E-state index contributed by atoms with van der Waals surface area (Å²) in [5.74, 6) is 1.32. The van der Waals surface area contributed by atoms with Gasteiger partial charge in [0, 0.05) is 24.9 Å². The van der Waals surface area contributed by atoms with Crippen molar-refractivity contribution in [3.8, 4) is 0 Å². The Morgan fingerprint density at radius 3 is 2.65 bits per heavy atom. The van der Waals surface area contributed by atoms with Gasteiger partial charge in [-0.2, -0.15) is 0 Å². The van der Waals surface area contributed by atoms with Gasteiger partial charge in [-0.15, -0.1) is 11.3 Å². The third-order valence-electron chi connectivity index (χ3n) is 3.50. The quantitative estimate of drug-likeness (QED) is 0.463. The minimum Gasteiger partial charge on any atom is -0.356 e. The first-order valence-electron chi connectivity index (χ1n) is 8.11. The standard InChI is InChI=1S/C18H26N4S/c1-14(2)17-22-16(13-23-17)12-21-18(19-3)20-11-7-10-15-8-5-4-6-9-15/h4-6,8-9,13-14H,7,10-12H2,1-3H3,(H2,19,20,21). The van der Waals surface area contributed by atoms with E-state index in [-0.39, 0.29) is 0 Å². The number of nitrogens with one attached hydrogen (secondary N) is 2. The molecule has 0 aliphatic heterocycles. The number of aryl methyl sites for hydroxylation is 1. The summed E-state index contributed by atoms with van der Waals surface area (Å²) in [5, 5.41) is 9.98. The van der Waals surface area contributed by atoms with E-state index in [1.54, 1.807) is 18.4 Å². The van der Waals surface area contributed by atoms with Gasteiger partial charge in [-0.05, 0) is 18.4 Å². The second kappa shape index (κ2) is 9.30. The molecule has 1 aromatic heterocycles. The zero-order valence-electron chi connectivity index (χ0n) is 14.2. The van der Waals surface area contributed by atoms with E-state index in [1.807, 2.05) is 0 Å². The van der Waals surface area contributed by atoms with Crippen LogP contribution >= 0.6 is 11.3 Å². The Labute approximate surface area is 143 Å². The van der Waals surface area contributed by atoms with Crippen LogP contribution in [0.3, 0.4) is 0 Å². The maximum absolute atomic E-state index is 4.63. The fraction of sp³-hybridized carbons (Fsp3) is 0.444. The average molecular weight is 331 g/mol. The molecule has 1 heterocycles. The van der Waals surface area contributed by atoms with Gasteiger partial charge in [0.05, 0.1) is 17.2 Å². The normalized spacial score (nSPS) is 11.7. The molecule has 0 aliphatic carbocycles. The highest BCUT2D eigenvalue weighted by molar-refractivity contribution is 7.09. The third-order valence-corrected chi connectivity index (χ3v) is 4.70. The van der Waals surface area contributed by atoms with E-state index in [1.165, 1.54) is 10.6 Å². The molecule has 0 fully saturated rings. The molecule has 2 aromatic rings. The lowest BCUT2D eigenvalue weighted by Crippen LogP contribution is -2.37. The predicted molar refractivity (Wildman–Crippen MR) is 99.2 cm³/mol. The van der Waals surface area contributed by atoms with Crippen LogP contribution < -0.4 is 10.6 Å². The van der Waals surface area contributed by atoms with Gasteiger partial charge in [0.25, 0.3) is 0 Å². The molecule has 0 saturated carbocycles. The van der Waals surface area contributed by atoms with Gasteiger partial charge < -0.3 is 10.6 Å². The summed E-state index contributed by atoms with van der Waals surface area (Å²) in [5.41, 5.74) is 2.45.